The normalized spacial score (nSPS) is 26.6. The van der Waals surface area contributed by atoms with Crippen LogP contribution in [0, 0.1) is 24.2 Å². The molecular formula is C41H63N5O2. The number of hydrogen-bond donors (Lipinski definition) is 3. The van der Waals surface area contributed by atoms with E-state index >= 15 is 0 Å². The van der Waals surface area contributed by atoms with Gasteiger partial charge in [-0.05, 0) is 112 Å². The van der Waals surface area contributed by atoms with Gasteiger partial charge in [0.2, 0.25) is 5.91 Å². The van der Waals surface area contributed by atoms with Crippen LogP contribution in [-0.2, 0) is 11.3 Å². The molecule has 5 rings (SSSR count). The Morgan fingerprint density at radius 1 is 0.896 bits per heavy atom. The second kappa shape index (κ2) is 16.2. The summed E-state index contributed by atoms with van der Waals surface area (Å²) in [7, 11) is 6.33. The van der Waals surface area contributed by atoms with Crippen LogP contribution in [0.3, 0.4) is 0 Å². The van der Waals surface area contributed by atoms with Crippen molar-refractivity contribution >= 4 is 17.5 Å². The summed E-state index contributed by atoms with van der Waals surface area (Å²) in [5.41, 5.74) is 12.5. The van der Waals surface area contributed by atoms with E-state index in [1.165, 1.54) is 50.5 Å². The molecule has 0 radical (unpaired) electrons. The van der Waals surface area contributed by atoms with Gasteiger partial charge in [0.05, 0.1) is 5.92 Å². The highest BCUT2D eigenvalue weighted by Gasteiger charge is 2.50. The van der Waals surface area contributed by atoms with Gasteiger partial charge in [-0.1, -0.05) is 76.1 Å². The first-order chi connectivity index (χ1) is 23.0. The van der Waals surface area contributed by atoms with Gasteiger partial charge in [0, 0.05) is 49.5 Å². The van der Waals surface area contributed by atoms with Gasteiger partial charge < -0.3 is 26.2 Å². The van der Waals surface area contributed by atoms with Gasteiger partial charge in [-0.3, -0.25) is 9.59 Å². The minimum atomic E-state index is -0.241. The Morgan fingerprint density at radius 3 is 2.10 bits per heavy atom. The maximum atomic E-state index is 14.2. The maximum Gasteiger partial charge on any atom is 0.251 e. The lowest BCUT2D eigenvalue weighted by Gasteiger charge is -2.51. The number of rotatable bonds is 8. The van der Waals surface area contributed by atoms with Crippen molar-refractivity contribution in [3.05, 3.63) is 53.1 Å². The highest BCUT2D eigenvalue weighted by Crippen LogP contribution is 2.48. The van der Waals surface area contributed by atoms with Gasteiger partial charge in [-0.15, -0.1) is 0 Å². The van der Waals surface area contributed by atoms with E-state index in [2.05, 4.69) is 98.7 Å². The van der Waals surface area contributed by atoms with Crippen LogP contribution in [0.2, 0.25) is 0 Å². The highest BCUT2D eigenvalue weighted by atomic mass is 16.2. The Morgan fingerprint density at radius 2 is 1.50 bits per heavy atom. The van der Waals surface area contributed by atoms with Gasteiger partial charge in [0.25, 0.3) is 5.91 Å². The Kier molecular flexibility index (Phi) is 12.3. The van der Waals surface area contributed by atoms with Crippen molar-refractivity contribution in [3.63, 3.8) is 0 Å². The first-order valence-corrected chi connectivity index (χ1v) is 19.0. The number of amides is 2. The van der Waals surface area contributed by atoms with Gasteiger partial charge in [0.1, 0.15) is 0 Å². The molecule has 2 aromatic carbocycles. The Labute approximate surface area is 290 Å². The fraction of sp³-hybridized carbons (Fsp3) is 0.659. The van der Waals surface area contributed by atoms with Crippen molar-refractivity contribution in [2.75, 3.05) is 32.6 Å². The molecule has 7 nitrogen and oxygen atoms in total. The molecule has 1 heterocycles. The average Bonchev–Trinajstić information content (AvgIpc) is 3.06. The molecular weight excluding hydrogens is 594 g/mol. The molecule has 264 valence electrons. The summed E-state index contributed by atoms with van der Waals surface area (Å²) in [4.78, 5) is 32.3. The molecule has 1 aliphatic heterocycles. The van der Waals surface area contributed by atoms with Crippen molar-refractivity contribution in [2.24, 2.45) is 23.0 Å². The fourth-order valence-electron chi connectivity index (χ4n) is 9.18. The predicted molar refractivity (Wildman–Crippen MR) is 199 cm³/mol. The number of nitrogens with two attached hydrogens (primary N) is 1. The third-order valence-corrected chi connectivity index (χ3v) is 12.4. The SMILES string of the molecule is Cc1c(C(=O)NCC2C(=O)NC(C)C3(CCCCCCCCC3)C2C)cc(-c2ccc(CN(C)C)cc2)cc1N(C)C1CCC(N)CC1. The molecule has 2 aliphatic carbocycles. The topological polar surface area (TPSA) is 90.7 Å². The van der Waals surface area contributed by atoms with Crippen molar-refractivity contribution < 1.29 is 9.59 Å². The summed E-state index contributed by atoms with van der Waals surface area (Å²) >= 11 is 0. The number of nitrogens with zero attached hydrogens (tertiary/aromatic N) is 2. The molecule has 3 atom stereocenters. The monoisotopic (exact) mass is 657 g/mol. The summed E-state index contributed by atoms with van der Waals surface area (Å²) in [6.45, 7) is 7.81. The zero-order chi connectivity index (χ0) is 34.4. The second-order valence-corrected chi connectivity index (χ2v) is 15.8. The van der Waals surface area contributed by atoms with E-state index in [1.54, 1.807) is 0 Å². The molecule has 0 bridgehead atoms. The Bertz CT molecular complexity index is 1370. The summed E-state index contributed by atoms with van der Waals surface area (Å²) in [5.74, 6) is -0.0578. The smallest absolute Gasteiger partial charge is 0.251 e. The van der Waals surface area contributed by atoms with Crippen LogP contribution in [-0.4, -0.2) is 62.5 Å². The molecule has 1 saturated heterocycles. The lowest BCUT2D eigenvalue weighted by molar-refractivity contribution is -0.137. The van der Waals surface area contributed by atoms with Crippen molar-refractivity contribution in [1.82, 2.24) is 15.5 Å². The molecule has 3 aliphatic rings. The van der Waals surface area contributed by atoms with Crippen LogP contribution in [0.4, 0.5) is 5.69 Å². The van der Waals surface area contributed by atoms with E-state index in [0.29, 0.717) is 18.2 Å². The van der Waals surface area contributed by atoms with Gasteiger partial charge in [0.15, 0.2) is 0 Å². The molecule has 2 amide bonds. The van der Waals surface area contributed by atoms with Crippen molar-refractivity contribution in [1.29, 1.82) is 0 Å². The maximum absolute atomic E-state index is 14.2. The standard InChI is InChI=1S/C41H63N5O2/c1-28-36(39(47)43-26-37-29(2)41(30(3)44-40(37)48)22-12-10-8-7-9-11-13-23-41)24-33(32-16-14-31(15-17-32)27-45(4)5)25-38(28)46(6)35-20-18-34(42)19-21-35/h14-17,24-25,29-30,34-35,37H,7-13,18-23,26-27,42H2,1-6H3,(H,43,47)(H,44,48). The summed E-state index contributed by atoms with van der Waals surface area (Å²) < 4.78 is 0. The highest BCUT2D eigenvalue weighted by molar-refractivity contribution is 5.99. The fourth-order valence-corrected chi connectivity index (χ4v) is 9.18. The third-order valence-electron chi connectivity index (χ3n) is 12.4. The molecule has 4 N–H and O–H groups in total. The number of carbonyl (C=O) groups excluding carboxylic acids is 2. The van der Waals surface area contributed by atoms with Gasteiger partial charge in [-0.25, -0.2) is 0 Å². The first-order valence-electron chi connectivity index (χ1n) is 19.0. The second-order valence-electron chi connectivity index (χ2n) is 15.8. The summed E-state index contributed by atoms with van der Waals surface area (Å²) in [6, 6.07) is 13.8. The molecule has 1 spiro atoms. The minimum Gasteiger partial charge on any atom is -0.371 e. The number of carbonyl (C=O) groups is 2. The van der Waals surface area contributed by atoms with Crippen LogP contribution >= 0.6 is 0 Å². The van der Waals surface area contributed by atoms with E-state index in [4.69, 9.17) is 5.73 Å². The zero-order valence-corrected chi connectivity index (χ0v) is 30.7. The molecule has 3 fully saturated rings. The summed E-state index contributed by atoms with van der Waals surface area (Å²) in [6.07, 6.45) is 15.4. The average molecular weight is 658 g/mol. The molecule has 48 heavy (non-hydrogen) atoms. The van der Waals surface area contributed by atoms with Crippen LogP contribution in [0.1, 0.15) is 119 Å². The summed E-state index contributed by atoms with van der Waals surface area (Å²) in [5, 5.41) is 6.66. The number of hydrogen-bond acceptors (Lipinski definition) is 5. The van der Waals surface area contributed by atoms with E-state index < -0.39 is 0 Å². The minimum absolute atomic E-state index is 0.0770. The lowest BCUT2D eigenvalue weighted by Crippen LogP contribution is -2.61. The number of piperidine rings is 1. The van der Waals surface area contributed by atoms with E-state index in [0.717, 1.165) is 67.4 Å². The predicted octanol–water partition coefficient (Wildman–Crippen LogP) is 7.44. The number of benzene rings is 2. The number of nitrogens with one attached hydrogen (secondary N) is 2. The van der Waals surface area contributed by atoms with Crippen LogP contribution in [0.5, 0.6) is 0 Å². The molecule has 7 heteroatoms. The molecule has 2 aromatic rings. The van der Waals surface area contributed by atoms with Crippen LogP contribution in [0.25, 0.3) is 11.1 Å². The number of anilines is 1. The van der Waals surface area contributed by atoms with E-state index in [1.807, 2.05) is 0 Å². The van der Waals surface area contributed by atoms with Crippen molar-refractivity contribution in [3.8, 4) is 11.1 Å². The van der Waals surface area contributed by atoms with Crippen molar-refractivity contribution in [2.45, 2.75) is 129 Å². The van der Waals surface area contributed by atoms with Gasteiger partial charge >= 0.3 is 0 Å². The van der Waals surface area contributed by atoms with Crippen LogP contribution in [0.15, 0.2) is 36.4 Å². The Balaban J connectivity index is 1.41. The molecule has 2 saturated carbocycles. The van der Waals surface area contributed by atoms with Crippen LogP contribution < -0.4 is 21.3 Å². The lowest BCUT2D eigenvalue weighted by atomic mass is 9.58. The third kappa shape index (κ3) is 8.27. The molecule has 3 unspecified atom stereocenters. The first kappa shape index (κ1) is 36.4. The quantitative estimate of drug-likeness (QED) is 0.275. The molecule has 0 aromatic heterocycles. The van der Waals surface area contributed by atoms with E-state index in [9.17, 15) is 9.59 Å². The Hall–Kier alpha value is -2.90. The van der Waals surface area contributed by atoms with E-state index in [-0.39, 0.29) is 41.1 Å². The largest absolute Gasteiger partial charge is 0.371 e. The zero-order valence-electron chi connectivity index (χ0n) is 30.7. The van der Waals surface area contributed by atoms with Gasteiger partial charge in [-0.2, -0.15) is 0 Å².